The van der Waals surface area contributed by atoms with Crippen LogP contribution >= 0.6 is 34.5 Å². The van der Waals surface area contributed by atoms with Crippen LogP contribution in [0.15, 0.2) is 29.6 Å². The molecule has 1 aromatic carbocycles. The predicted octanol–water partition coefficient (Wildman–Crippen LogP) is 4.25. The zero-order valence-electron chi connectivity index (χ0n) is 10.7. The summed E-state index contributed by atoms with van der Waals surface area (Å²) in [6, 6.07) is 7.58. The summed E-state index contributed by atoms with van der Waals surface area (Å²) >= 11 is 13.4. The van der Waals surface area contributed by atoms with Crippen molar-refractivity contribution in [1.82, 2.24) is 4.98 Å². The second kappa shape index (κ2) is 5.02. The van der Waals surface area contributed by atoms with Crippen LogP contribution in [0.2, 0.25) is 0 Å². The molecule has 104 valence electrons. The molecular formula is C14H12Cl2N2OS. The second-order valence-electron chi connectivity index (χ2n) is 4.84. The number of hydrogen-bond donors (Lipinski definition) is 1. The van der Waals surface area contributed by atoms with Gasteiger partial charge in [-0.05, 0) is 25.5 Å². The Bertz CT molecular complexity index is 651. The molecule has 0 radical (unpaired) electrons. The van der Waals surface area contributed by atoms with Gasteiger partial charge in [0.05, 0.1) is 16.6 Å². The number of halogens is 2. The number of amides is 1. The van der Waals surface area contributed by atoms with Crippen LogP contribution in [0.1, 0.15) is 11.4 Å². The van der Waals surface area contributed by atoms with Crippen LogP contribution in [0, 0.1) is 12.8 Å². The Labute approximate surface area is 130 Å². The number of rotatable bonds is 3. The molecule has 1 aromatic heterocycles. The minimum atomic E-state index is -0.887. The fourth-order valence-electron chi connectivity index (χ4n) is 1.95. The van der Waals surface area contributed by atoms with Crippen LogP contribution in [0.5, 0.6) is 0 Å². The smallest absolute Gasteiger partial charge is 0.230 e. The number of aromatic nitrogens is 1. The molecule has 2 aromatic rings. The number of nitrogens with zero attached hydrogens (tertiary/aromatic N) is 1. The van der Waals surface area contributed by atoms with Crippen LogP contribution in [-0.4, -0.2) is 15.2 Å². The Morgan fingerprint density at radius 3 is 2.55 bits per heavy atom. The number of benzene rings is 1. The maximum absolute atomic E-state index is 11.9. The van der Waals surface area contributed by atoms with E-state index in [1.165, 1.54) is 0 Å². The summed E-state index contributed by atoms with van der Waals surface area (Å²) in [7, 11) is 0. The van der Waals surface area contributed by atoms with E-state index < -0.39 is 4.33 Å². The van der Waals surface area contributed by atoms with Crippen molar-refractivity contribution in [3.05, 3.63) is 34.7 Å². The zero-order valence-corrected chi connectivity index (χ0v) is 13.0. The van der Waals surface area contributed by atoms with Crippen molar-refractivity contribution >= 4 is 46.1 Å². The number of thiazole rings is 1. The van der Waals surface area contributed by atoms with E-state index in [2.05, 4.69) is 10.3 Å². The third-order valence-electron chi connectivity index (χ3n) is 3.21. The first kappa shape index (κ1) is 13.9. The van der Waals surface area contributed by atoms with Gasteiger partial charge in [0.1, 0.15) is 4.33 Å². The molecule has 3 nitrogen and oxygen atoms in total. The van der Waals surface area contributed by atoms with Crippen molar-refractivity contribution < 1.29 is 4.79 Å². The standard InChI is InChI=1S/C14H12Cl2N2OS/c1-8-17-12(7-20-8)9-2-4-10(5-3-9)18-13(19)11-6-14(11,15)16/h2-5,7,11H,6H2,1H3,(H,18,19). The number of hydrogen-bond acceptors (Lipinski definition) is 3. The van der Waals surface area contributed by atoms with E-state index in [-0.39, 0.29) is 11.8 Å². The Hall–Kier alpha value is -1.10. The van der Waals surface area contributed by atoms with E-state index in [1.807, 2.05) is 36.6 Å². The molecule has 6 heteroatoms. The summed E-state index contributed by atoms with van der Waals surface area (Å²) in [6.45, 7) is 1.98. The lowest BCUT2D eigenvalue weighted by atomic mass is 10.1. The monoisotopic (exact) mass is 326 g/mol. The Morgan fingerprint density at radius 2 is 2.05 bits per heavy atom. The highest BCUT2D eigenvalue weighted by Crippen LogP contribution is 2.53. The molecule has 1 heterocycles. The fraction of sp³-hybridized carbons (Fsp3) is 0.286. The van der Waals surface area contributed by atoms with Crippen molar-refractivity contribution in [3.8, 4) is 11.3 Å². The van der Waals surface area contributed by atoms with Crippen LogP contribution < -0.4 is 5.32 Å². The summed E-state index contributed by atoms with van der Waals surface area (Å²) in [5.74, 6) is -0.445. The Balaban J connectivity index is 1.69. The molecule has 3 rings (SSSR count). The molecule has 20 heavy (non-hydrogen) atoms. The number of nitrogens with one attached hydrogen (secondary N) is 1. The van der Waals surface area contributed by atoms with E-state index >= 15 is 0 Å². The summed E-state index contributed by atoms with van der Waals surface area (Å²) in [5.41, 5.74) is 2.72. The normalized spacial score (nSPS) is 19.6. The molecule has 1 unspecified atom stereocenters. The predicted molar refractivity (Wildman–Crippen MR) is 83.5 cm³/mol. The molecule has 1 aliphatic rings. The SMILES string of the molecule is Cc1nc(-c2ccc(NC(=O)C3CC3(Cl)Cl)cc2)cs1. The van der Waals surface area contributed by atoms with Gasteiger partial charge in [0.2, 0.25) is 5.91 Å². The summed E-state index contributed by atoms with van der Waals surface area (Å²) in [5, 5.41) is 5.87. The molecule has 1 aliphatic carbocycles. The van der Waals surface area contributed by atoms with Gasteiger partial charge < -0.3 is 5.32 Å². The van der Waals surface area contributed by atoms with E-state index in [0.717, 1.165) is 22.0 Å². The fourth-order valence-corrected chi connectivity index (χ4v) is 3.08. The average molecular weight is 327 g/mol. The van der Waals surface area contributed by atoms with Gasteiger partial charge >= 0.3 is 0 Å². The maximum Gasteiger partial charge on any atom is 0.230 e. The van der Waals surface area contributed by atoms with Crippen molar-refractivity contribution in [2.45, 2.75) is 17.7 Å². The highest BCUT2D eigenvalue weighted by molar-refractivity contribution is 7.09. The zero-order chi connectivity index (χ0) is 14.3. The summed E-state index contributed by atoms with van der Waals surface area (Å²) < 4.78 is -0.887. The van der Waals surface area contributed by atoms with Gasteiger partial charge in [-0.3, -0.25) is 4.79 Å². The molecule has 0 spiro atoms. The molecule has 1 amide bonds. The van der Waals surface area contributed by atoms with Crippen LogP contribution in [0.4, 0.5) is 5.69 Å². The van der Waals surface area contributed by atoms with Gasteiger partial charge in [0.25, 0.3) is 0 Å². The quantitative estimate of drug-likeness (QED) is 0.856. The average Bonchev–Trinajstić information content (AvgIpc) is 2.83. The third-order valence-corrected chi connectivity index (χ3v) is 4.82. The summed E-state index contributed by atoms with van der Waals surface area (Å²) in [6.07, 6.45) is 0.512. The van der Waals surface area contributed by atoms with Gasteiger partial charge in [-0.1, -0.05) is 12.1 Å². The van der Waals surface area contributed by atoms with Crippen molar-refractivity contribution in [2.75, 3.05) is 5.32 Å². The van der Waals surface area contributed by atoms with Gasteiger partial charge in [-0.15, -0.1) is 34.5 Å². The molecule has 0 bridgehead atoms. The largest absolute Gasteiger partial charge is 0.326 e. The van der Waals surface area contributed by atoms with Gasteiger partial charge in [0, 0.05) is 16.6 Å². The molecule has 1 saturated carbocycles. The van der Waals surface area contributed by atoms with Crippen molar-refractivity contribution in [1.29, 1.82) is 0 Å². The number of carbonyl (C=O) groups is 1. The van der Waals surface area contributed by atoms with E-state index in [1.54, 1.807) is 11.3 Å². The first-order valence-electron chi connectivity index (χ1n) is 6.17. The third kappa shape index (κ3) is 2.82. The highest BCUT2D eigenvalue weighted by atomic mass is 35.5. The minimum Gasteiger partial charge on any atom is -0.326 e. The van der Waals surface area contributed by atoms with E-state index in [9.17, 15) is 4.79 Å². The topological polar surface area (TPSA) is 42.0 Å². The lowest BCUT2D eigenvalue weighted by Crippen LogP contribution is -2.16. The number of carbonyl (C=O) groups excluding carboxylic acids is 1. The van der Waals surface area contributed by atoms with Crippen LogP contribution in [0.25, 0.3) is 11.3 Å². The lowest BCUT2D eigenvalue weighted by molar-refractivity contribution is -0.117. The number of anilines is 1. The van der Waals surface area contributed by atoms with Crippen LogP contribution in [-0.2, 0) is 4.79 Å². The lowest BCUT2D eigenvalue weighted by Gasteiger charge is -2.06. The van der Waals surface area contributed by atoms with Crippen molar-refractivity contribution in [2.24, 2.45) is 5.92 Å². The molecule has 0 saturated heterocycles. The molecule has 1 N–H and O–H groups in total. The number of aryl methyl sites for hydroxylation is 1. The molecule has 1 atom stereocenters. The van der Waals surface area contributed by atoms with E-state index in [4.69, 9.17) is 23.2 Å². The first-order valence-corrected chi connectivity index (χ1v) is 7.80. The van der Waals surface area contributed by atoms with Gasteiger partial charge in [-0.25, -0.2) is 4.98 Å². The Morgan fingerprint density at radius 1 is 1.40 bits per heavy atom. The Kier molecular flexibility index (Phi) is 3.48. The van der Waals surface area contributed by atoms with Gasteiger partial charge in [0.15, 0.2) is 0 Å². The number of alkyl halides is 2. The molecular weight excluding hydrogens is 315 g/mol. The highest BCUT2D eigenvalue weighted by Gasteiger charge is 2.56. The minimum absolute atomic E-state index is 0.132. The van der Waals surface area contributed by atoms with Crippen molar-refractivity contribution in [3.63, 3.8) is 0 Å². The van der Waals surface area contributed by atoms with Gasteiger partial charge in [-0.2, -0.15) is 0 Å². The maximum atomic E-state index is 11.9. The molecule has 1 fully saturated rings. The summed E-state index contributed by atoms with van der Waals surface area (Å²) in [4.78, 5) is 16.3. The van der Waals surface area contributed by atoms with E-state index in [0.29, 0.717) is 6.42 Å². The first-order chi connectivity index (χ1) is 9.45. The second-order valence-corrected chi connectivity index (χ2v) is 7.44. The molecule has 0 aliphatic heterocycles. The van der Waals surface area contributed by atoms with Crippen LogP contribution in [0.3, 0.4) is 0 Å².